The van der Waals surface area contributed by atoms with Gasteiger partial charge in [-0.1, -0.05) is 13.8 Å². The Balaban J connectivity index is 1.80. The van der Waals surface area contributed by atoms with Gasteiger partial charge in [-0.2, -0.15) is 5.10 Å². The lowest BCUT2D eigenvalue weighted by atomic mass is 9.92. The predicted molar refractivity (Wildman–Crippen MR) is 66.1 cm³/mol. The smallest absolute Gasteiger partial charge is 0.0521 e. The monoisotopic (exact) mass is 221 g/mol. The van der Waals surface area contributed by atoms with Crippen LogP contribution in [-0.4, -0.2) is 16.3 Å². The SMILES string of the molecule is CCn1nccc1CNCC1(C(C)C)CC1. The summed E-state index contributed by atoms with van der Waals surface area (Å²) in [6.07, 6.45) is 4.67. The summed E-state index contributed by atoms with van der Waals surface area (Å²) in [5.74, 6) is 0.802. The van der Waals surface area contributed by atoms with Crippen molar-refractivity contribution < 1.29 is 0 Å². The molecule has 0 radical (unpaired) electrons. The second-order valence-corrected chi connectivity index (χ2v) is 5.26. The van der Waals surface area contributed by atoms with Gasteiger partial charge in [-0.25, -0.2) is 0 Å². The van der Waals surface area contributed by atoms with Crippen LogP contribution < -0.4 is 5.32 Å². The predicted octanol–water partition coefficient (Wildman–Crippen LogP) is 2.43. The molecule has 90 valence electrons. The molecule has 0 bridgehead atoms. The first-order valence-electron chi connectivity index (χ1n) is 6.39. The van der Waals surface area contributed by atoms with E-state index in [-0.39, 0.29) is 0 Å². The van der Waals surface area contributed by atoms with Crippen molar-refractivity contribution in [3.05, 3.63) is 18.0 Å². The standard InChI is InChI=1S/C13H23N3/c1-4-16-12(5-8-15-16)9-14-10-13(6-7-13)11(2)3/h5,8,11,14H,4,6-7,9-10H2,1-3H3. The summed E-state index contributed by atoms with van der Waals surface area (Å²) >= 11 is 0. The number of aromatic nitrogens is 2. The van der Waals surface area contributed by atoms with Crippen LogP contribution in [0.3, 0.4) is 0 Å². The average molecular weight is 221 g/mol. The normalized spacial score (nSPS) is 18.0. The minimum atomic E-state index is 0.594. The zero-order chi connectivity index (χ0) is 11.6. The molecule has 1 saturated carbocycles. The highest BCUT2D eigenvalue weighted by Gasteiger charge is 2.44. The van der Waals surface area contributed by atoms with E-state index >= 15 is 0 Å². The first kappa shape index (κ1) is 11.6. The largest absolute Gasteiger partial charge is 0.311 e. The fourth-order valence-electron chi connectivity index (χ4n) is 2.35. The zero-order valence-corrected chi connectivity index (χ0v) is 10.7. The van der Waals surface area contributed by atoms with Crippen molar-refractivity contribution in [1.29, 1.82) is 0 Å². The van der Waals surface area contributed by atoms with Crippen LogP contribution in [0.25, 0.3) is 0 Å². The van der Waals surface area contributed by atoms with Gasteiger partial charge in [0.2, 0.25) is 0 Å². The molecule has 0 unspecified atom stereocenters. The molecule has 1 aromatic rings. The highest BCUT2D eigenvalue weighted by Crippen LogP contribution is 2.51. The first-order chi connectivity index (χ1) is 7.68. The lowest BCUT2D eigenvalue weighted by Crippen LogP contribution is -2.28. The van der Waals surface area contributed by atoms with Gasteiger partial charge in [0.1, 0.15) is 0 Å². The van der Waals surface area contributed by atoms with Crippen molar-refractivity contribution in [2.75, 3.05) is 6.54 Å². The maximum absolute atomic E-state index is 4.28. The molecule has 1 N–H and O–H groups in total. The van der Waals surface area contributed by atoms with Crippen molar-refractivity contribution in [2.45, 2.75) is 46.7 Å². The van der Waals surface area contributed by atoms with Gasteiger partial charge in [0.15, 0.2) is 0 Å². The highest BCUT2D eigenvalue weighted by molar-refractivity contribution is 5.02. The van der Waals surface area contributed by atoms with E-state index in [9.17, 15) is 0 Å². The Kier molecular flexibility index (Phi) is 3.33. The molecule has 0 amide bonds. The number of rotatable bonds is 6. The van der Waals surface area contributed by atoms with Crippen LogP contribution in [0.2, 0.25) is 0 Å². The molecule has 1 fully saturated rings. The van der Waals surface area contributed by atoms with Gasteiger partial charge in [-0.3, -0.25) is 4.68 Å². The number of hydrogen-bond donors (Lipinski definition) is 1. The second-order valence-electron chi connectivity index (χ2n) is 5.26. The molecule has 1 heterocycles. The molecule has 0 saturated heterocycles. The van der Waals surface area contributed by atoms with Gasteiger partial charge in [0.05, 0.1) is 5.69 Å². The Morgan fingerprint density at radius 2 is 2.25 bits per heavy atom. The third-order valence-corrected chi connectivity index (χ3v) is 4.00. The molecular weight excluding hydrogens is 198 g/mol. The van der Waals surface area contributed by atoms with Crippen LogP contribution in [0.15, 0.2) is 12.3 Å². The Morgan fingerprint density at radius 3 is 2.81 bits per heavy atom. The third kappa shape index (κ3) is 2.29. The number of nitrogens with zero attached hydrogens (tertiary/aromatic N) is 2. The number of aryl methyl sites for hydroxylation is 1. The van der Waals surface area contributed by atoms with Crippen molar-refractivity contribution in [2.24, 2.45) is 11.3 Å². The summed E-state index contributed by atoms with van der Waals surface area (Å²) in [7, 11) is 0. The van der Waals surface area contributed by atoms with Crippen molar-refractivity contribution >= 4 is 0 Å². The molecule has 2 rings (SSSR count). The summed E-state index contributed by atoms with van der Waals surface area (Å²) in [6, 6.07) is 2.10. The quantitative estimate of drug-likeness (QED) is 0.799. The summed E-state index contributed by atoms with van der Waals surface area (Å²) < 4.78 is 2.06. The van der Waals surface area contributed by atoms with E-state index in [0.29, 0.717) is 5.41 Å². The van der Waals surface area contributed by atoms with Gasteiger partial charge in [-0.15, -0.1) is 0 Å². The summed E-state index contributed by atoms with van der Waals surface area (Å²) in [4.78, 5) is 0. The average Bonchev–Trinajstić information content (AvgIpc) is 2.91. The Bertz CT molecular complexity index is 337. The Morgan fingerprint density at radius 1 is 1.50 bits per heavy atom. The molecule has 1 aromatic heterocycles. The molecule has 3 heteroatoms. The minimum absolute atomic E-state index is 0.594. The minimum Gasteiger partial charge on any atom is -0.311 e. The second kappa shape index (κ2) is 4.58. The topological polar surface area (TPSA) is 29.9 Å². The molecule has 0 atom stereocenters. The molecule has 1 aliphatic carbocycles. The van der Waals surface area contributed by atoms with Crippen molar-refractivity contribution in [1.82, 2.24) is 15.1 Å². The van der Waals surface area contributed by atoms with Crippen molar-refractivity contribution in [3.8, 4) is 0 Å². The maximum Gasteiger partial charge on any atom is 0.0521 e. The highest BCUT2D eigenvalue weighted by atomic mass is 15.3. The van der Waals surface area contributed by atoms with E-state index in [1.165, 1.54) is 18.5 Å². The lowest BCUT2D eigenvalue weighted by Gasteiger charge is -2.20. The van der Waals surface area contributed by atoms with Crippen LogP contribution in [0, 0.1) is 11.3 Å². The van der Waals surface area contributed by atoms with E-state index in [2.05, 4.69) is 41.9 Å². The van der Waals surface area contributed by atoms with Crippen LogP contribution >= 0.6 is 0 Å². The molecule has 0 aliphatic heterocycles. The summed E-state index contributed by atoms with van der Waals surface area (Å²) in [6.45, 7) is 9.87. The van der Waals surface area contributed by atoms with Crippen LogP contribution in [0.4, 0.5) is 0 Å². The Hall–Kier alpha value is -0.830. The fourth-order valence-corrected chi connectivity index (χ4v) is 2.35. The van der Waals surface area contributed by atoms with E-state index in [1.54, 1.807) is 0 Å². The van der Waals surface area contributed by atoms with E-state index in [4.69, 9.17) is 0 Å². The fraction of sp³-hybridized carbons (Fsp3) is 0.769. The van der Waals surface area contributed by atoms with Gasteiger partial charge in [0.25, 0.3) is 0 Å². The molecule has 1 aliphatic rings. The van der Waals surface area contributed by atoms with Gasteiger partial charge >= 0.3 is 0 Å². The number of nitrogens with one attached hydrogen (secondary N) is 1. The van der Waals surface area contributed by atoms with Crippen LogP contribution in [-0.2, 0) is 13.1 Å². The maximum atomic E-state index is 4.28. The summed E-state index contributed by atoms with van der Waals surface area (Å²) in [5.41, 5.74) is 1.89. The molecule has 0 aromatic carbocycles. The van der Waals surface area contributed by atoms with Gasteiger partial charge in [0, 0.05) is 25.8 Å². The Labute approximate surface area is 98.2 Å². The van der Waals surface area contributed by atoms with Crippen LogP contribution in [0.5, 0.6) is 0 Å². The lowest BCUT2D eigenvalue weighted by molar-refractivity contribution is 0.336. The number of hydrogen-bond acceptors (Lipinski definition) is 2. The molecule has 16 heavy (non-hydrogen) atoms. The molecule has 0 spiro atoms. The van der Waals surface area contributed by atoms with Crippen LogP contribution in [0.1, 0.15) is 39.3 Å². The molecular formula is C13H23N3. The van der Waals surface area contributed by atoms with Crippen molar-refractivity contribution in [3.63, 3.8) is 0 Å². The van der Waals surface area contributed by atoms with Gasteiger partial charge in [-0.05, 0) is 37.2 Å². The zero-order valence-electron chi connectivity index (χ0n) is 10.7. The molecule has 3 nitrogen and oxygen atoms in total. The summed E-state index contributed by atoms with van der Waals surface area (Å²) in [5, 5.41) is 7.86. The third-order valence-electron chi connectivity index (χ3n) is 4.00. The van der Waals surface area contributed by atoms with E-state index < -0.39 is 0 Å². The van der Waals surface area contributed by atoms with Gasteiger partial charge < -0.3 is 5.32 Å². The van der Waals surface area contributed by atoms with E-state index in [1.807, 2.05) is 6.20 Å². The van der Waals surface area contributed by atoms with E-state index in [0.717, 1.165) is 25.6 Å². The first-order valence-corrected chi connectivity index (χ1v) is 6.39.